The van der Waals surface area contributed by atoms with Gasteiger partial charge in [-0.3, -0.25) is 4.79 Å². The number of rotatable bonds is 12. The molecule has 0 rings (SSSR count). The molecule has 1 amide bonds. The van der Waals surface area contributed by atoms with E-state index in [9.17, 15) is 4.79 Å². The van der Waals surface area contributed by atoms with Gasteiger partial charge in [0.25, 0.3) is 0 Å². The topological polar surface area (TPSA) is 56.8 Å². The first-order valence-corrected chi connectivity index (χ1v) is 6.66. The highest BCUT2D eigenvalue weighted by Gasteiger charge is 1.98. The SMILES string of the molecule is CCNC(=O)CCOCCOCCOCC(C)C. The molecule has 0 spiro atoms. The van der Waals surface area contributed by atoms with Crippen molar-refractivity contribution in [3.8, 4) is 0 Å². The lowest BCUT2D eigenvalue weighted by Gasteiger charge is -2.08. The molecule has 0 aliphatic heterocycles. The summed E-state index contributed by atoms with van der Waals surface area (Å²) in [5.41, 5.74) is 0. The molecule has 5 heteroatoms. The fourth-order valence-corrected chi connectivity index (χ4v) is 1.21. The summed E-state index contributed by atoms with van der Waals surface area (Å²) < 4.78 is 16.0. The molecular formula is C13H27NO4. The van der Waals surface area contributed by atoms with Crippen LogP contribution in [0.1, 0.15) is 27.2 Å². The Balaban J connectivity index is 3.05. The average molecular weight is 261 g/mol. The number of hydrogen-bond acceptors (Lipinski definition) is 4. The average Bonchev–Trinajstić information content (AvgIpc) is 2.31. The van der Waals surface area contributed by atoms with Crippen LogP contribution in [0, 0.1) is 5.92 Å². The number of carbonyl (C=O) groups is 1. The van der Waals surface area contributed by atoms with E-state index in [2.05, 4.69) is 19.2 Å². The monoisotopic (exact) mass is 261 g/mol. The summed E-state index contributed by atoms with van der Waals surface area (Å²) in [7, 11) is 0. The number of ether oxygens (including phenoxy) is 3. The molecule has 0 fully saturated rings. The van der Waals surface area contributed by atoms with Crippen LogP contribution in [0.25, 0.3) is 0 Å². The molecule has 18 heavy (non-hydrogen) atoms. The van der Waals surface area contributed by atoms with Gasteiger partial charge in [-0.25, -0.2) is 0 Å². The number of hydrogen-bond donors (Lipinski definition) is 1. The molecule has 0 heterocycles. The zero-order valence-corrected chi connectivity index (χ0v) is 11.9. The van der Waals surface area contributed by atoms with Crippen LogP contribution >= 0.6 is 0 Å². The molecule has 0 unspecified atom stereocenters. The standard InChI is InChI=1S/C13H27NO4/c1-4-14-13(15)5-6-16-7-8-17-9-10-18-11-12(2)3/h12H,4-11H2,1-3H3,(H,14,15). The molecule has 0 radical (unpaired) electrons. The van der Waals surface area contributed by atoms with E-state index in [1.54, 1.807) is 0 Å². The lowest BCUT2D eigenvalue weighted by atomic mass is 10.2. The van der Waals surface area contributed by atoms with Crippen LogP contribution in [0.2, 0.25) is 0 Å². The van der Waals surface area contributed by atoms with Crippen LogP contribution in [0.15, 0.2) is 0 Å². The van der Waals surface area contributed by atoms with E-state index >= 15 is 0 Å². The van der Waals surface area contributed by atoms with Crippen LogP contribution in [-0.2, 0) is 19.0 Å². The summed E-state index contributed by atoms with van der Waals surface area (Å²) in [6, 6.07) is 0. The van der Waals surface area contributed by atoms with E-state index in [4.69, 9.17) is 14.2 Å². The molecular weight excluding hydrogens is 234 g/mol. The van der Waals surface area contributed by atoms with E-state index in [-0.39, 0.29) is 5.91 Å². The van der Waals surface area contributed by atoms with Crippen molar-refractivity contribution in [2.45, 2.75) is 27.2 Å². The fraction of sp³-hybridized carbons (Fsp3) is 0.923. The Morgan fingerprint density at radius 2 is 1.56 bits per heavy atom. The molecule has 0 bridgehead atoms. The molecule has 0 aromatic carbocycles. The smallest absolute Gasteiger partial charge is 0.222 e. The van der Waals surface area contributed by atoms with E-state index in [1.165, 1.54) is 0 Å². The van der Waals surface area contributed by atoms with Crippen molar-refractivity contribution in [3.63, 3.8) is 0 Å². The van der Waals surface area contributed by atoms with Crippen LogP contribution in [0.3, 0.4) is 0 Å². The second kappa shape index (κ2) is 12.8. The summed E-state index contributed by atoms with van der Waals surface area (Å²) in [6.45, 7) is 10.3. The van der Waals surface area contributed by atoms with Crippen molar-refractivity contribution in [3.05, 3.63) is 0 Å². The Kier molecular flexibility index (Phi) is 12.3. The van der Waals surface area contributed by atoms with E-state index < -0.39 is 0 Å². The normalized spacial score (nSPS) is 10.9. The van der Waals surface area contributed by atoms with Crippen LogP contribution in [0.4, 0.5) is 0 Å². The zero-order valence-electron chi connectivity index (χ0n) is 11.9. The van der Waals surface area contributed by atoms with Crippen molar-refractivity contribution >= 4 is 5.91 Å². The Hall–Kier alpha value is -0.650. The molecule has 1 N–H and O–H groups in total. The molecule has 0 aliphatic rings. The first kappa shape index (κ1) is 17.4. The predicted molar refractivity (Wildman–Crippen MR) is 70.6 cm³/mol. The molecule has 0 saturated carbocycles. The van der Waals surface area contributed by atoms with Gasteiger partial charge in [-0.2, -0.15) is 0 Å². The van der Waals surface area contributed by atoms with Gasteiger partial charge in [-0.05, 0) is 12.8 Å². The van der Waals surface area contributed by atoms with Gasteiger partial charge in [-0.15, -0.1) is 0 Å². The lowest BCUT2D eigenvalue weighted by molar-refractivity contribution is -0.122. The van der Waals surface area contributed by atoms with E-state index in [0.29, 0.717) is 51.9 Å². The number of nitrogens with one attached hydrogen (secondary N) is 1. The zero-order chi connectivity index (χ0) is 13.6. The Labute approximate surface area is 110 Å². The van der Waals surface area contributed by atoms with Crippen molar-refractivity contribution < 1.29 is 19.0 Å². The van der Waals surface area contributed by atoms with Gasteiger partial charge in [0.1, 0.15) is 0 Å². The number of amides is 1. The molecule has 0 aromatic rings. The van der Waals surface area contributed by atoms with Crippen molar-refractivity contribution in [1.29, 1.82) is 0 Å². The van der Waals surface area contributed by atoms with Crippen molar-refractivity contribution in [2.24, 2.45) is 5.92 Å². The quantitative estimate of drug-likeness (QED) is 0.537. The number of carbonyl (C=O) groups excluding carboxylic acids is 1. The molecule has 0 saturated heterocycles. The van der Waals surface area contributed by atoms with Gasteiger partial charge >= 0.3 is 0 Å². The maximum absolute atomic E-state index is 11.1. The summed E-state index contributed by atoms with van der Waals surface area (Å²) in [4.78, 5) is 11.1. The maximum atomic E-state index is 11.1. The third-order valence-electron chi connectivity index (χ3n) is 2.04. The fourth-order valence-electron chi connectivity index (χ4n) is 1.21. The van der Waals surface area contributed by atoms with Gasteiger partial charge in [0.2, 0.25) is 5.91 Å². The molecule has 0 aliphatic carbocycles. The van der Waals surface area contributed by atoms with E-state index in [1.807, 2.05) is 6.92 Å². The summed E-state index contributed by atoms with van der Waals surface area (Å²) in [5.74, 6) is 0.586. The highest BCUT2D eigenvalue weighted by atomic mass is 16.5. The highest BCUT2D eigenvalue weighted by Crippen LogP contribution is 1.92. The lowest BCUT2D eigenvalue weighted by Crippen LogP contribution is -2.24. The van der Waals surface area contributed by atoms with Crippen molar-refractivity contribution in [2.75, 3.05) is 46.2 Å². The Morgan fingerprint density at radius 3 is 2.11 bits per heavy atom. The predicted octanol–water partition coefficient (Wildman–Crippen LogP) is 1.22. The molecule has 5 nitrogen and oxygen atoms in total. The van der Waals surface area contributed by atoms with Crippen LogP contribution in [0.5, 0.6) is 0 Å². The minimum atomic E-state index is 0.0282. The first-order valence-electron chi connectivity index (χ1n) is 6.66. The van der Waals surface area contributed by atoms with Gasteiger partial charge in [-0.1, -0.05) is 13.8 Å². The van der Waals surface area contributed by atoms with Gasteiger partial charge in [0, 0.05) is 19.6 Å². The highest BCUT2D eigenvalue weighted by molar-refractivity contribution is 5.75. The van der Waals surface area contributed by atoms with Crippen molar-refractivity contribution in [1.82, 2.24) is 5.32 Å². The second-order valence-corrected chi connectivity index (χ2v) is 4.40. The minimum Gasteiger partial charge on any atom is -0.379 e. The second-order valence-electron chi connectivity index (χ2n) is 4.40. The van der Waals surface area contributed by atoms with Crippen LogP contribution < -0.4 is 5.32 Å². The summed E-state index contributed by atoms with van der Waals surface area (Å²) in [5, 5.41) is 2.71. The van der Waals surface area contributed by atoms with Gasteiger partial charge in [0.15, 0.2) is 0 Å². The third-order valence-corrected chi connectivity index (χ3v) is 2.04. The minimum absolute atomic E-state index is 0.0282. The molecule has 0 atom stereocenters. The van der Waals surface area contributed by atoms with E-state index in [0.717, 1.165) is 6.61 Å². The molecule has 108 valence electrons. The Bertz CT molecular complexity index is 197. The largest absolute Gasteiger partial charge is 0.379 e. The van der Waals surface area contributed by atoms with Gasteiger partial charge < -0.3 is 19.5 Å². The van der Waals surface area contributed by atoms with Gasteiger partial charge in [0.05, 0.1) is 33.0 Å². The Morgan fingerprint density at radius 1 is 1.00 bits per heavy atom. The first-order chi connectivity index (χ1) is 8.66. The summed E-state index contributed by atoms with van der Waals surface area (Å²) in [6.07, 6.45) is 0.408. The maximum Gasteiger partial charge on any atom is 0.222 e. The van der Waals surface area contributed by atoms with Crippen LogP contribution in [-0.4, -0.2) is 52.1 Å². The third kappa shape index (κ3) is 13.4. The summed E-state index contributed by atoms with van der Waals surface area (Å²) >= 11 is 0. The molecule has 0 aromatic heterocycles.